The summed E-state index contributed by atoms with van der Waals surface area (Å²) in [6, 6.07) is 0.0818. The molecule has 0 saturated carbocycles. The monoisotopic (exact) mass is 213 g/mol. The molecule has 2 N–H and O–H groups in total. The van der Waals surface area contributed by atoms with Crippen LogP contribution < -0.4 is 5.32 Å². The second kappa shape index (κ2) is 7.04. The van der Waals surface area contributed by atoms with Gasteiger partial charge in [-0.15, -0.1) is 0 Å². The average Bonchev–Trinajstić information content (AvgIpc) is 2.11. The summed E-state index contributed by atoms with van der Waals surface area (Å²) >= 11 is 0. The first-order valence-electron chi connectivity index (χ1n) is 5.13. The molecule has 86 valence electrons. The summed E-state index contributed by atoms with van der Waals surface area (Å²) < 4.78 is 0. The van der Waals surface area contributed by atoms with E-state index in [0.717, 1.165) is 25.0 Å². The molecule has 0 saturated heterocycles. The van der Waals surface area contributed by atoms with Crippen LogP contribution in [0.25, 0.3) is 0 Å². The minimum absolute atomic E-state index is 0.0818. The maximum atomic E-state index is 11.1. The van der Waals surface area contributed by atoms with E-state index in [-0.39, 0.29) is 11.9 Å². The predicted octanol–water partition coefficient (Wildman–Crippen LogP) is 1.57. The SMILES string of the molecule is CC(C)CCC(C)NC(=O)/C=C/C(=O)O. The summed E-state index contributed by atoms with van der Waals surface area (Å²) in [5, 5.41) is 11.0. The van der Waals surface area contributed by atoms with Crippen molar-refractivity contribution in [3.63, 3.8) is 0 Å². The van der Waals surface area contributed by atoms with Crippen LogP contribution in [0.2, 0.25) is 0 Å². The van der Waals surface area contributed by atoms with Gasteiger partial charge in [-0.1, -0.05) is 13.8 Å². The number of aliphatic carboxylic acids is 1. The van der Waals surface area contributed by atoms with Crippen molar-refractivity contribution in [2.24, 2.45) is 5.92 Å². The van der Waals surface area contributed by atoms with E-state index in [2.05, 4.69) is 19.2 Å². The van der Waals surface area contributed by atoms with Gasteiger partial charge >= 0.3 is 5.97 Å². The molecule has 0 aliphatic carbocycles. The molecule has 4 nitrogen and oxygen atoms in total. The molecular weight excluding hydrogens is 194 g/mol. The molecule has 0 radical (unpaired) electrons. The number of amides is 1. The van der Waals surface area contributed by atoms with Gasteiger partial charge in [0.1, 0.15) is 0 Å². The lowest BCUT2D eigenvalue weighted by Crippen LogP contribution is -2.31. The van der Waals surface area contributed by atoms with Gasteiger partial charge in [-0.25, -0.2) is 4.79 Å². The van der Waals surface area contributed by atoms with Crippen molar-refractivity contribution >= 4 is 11.9 Å². The highest BCUT2D eigenvalue weighted by Crippen LogP contribution is 2.06. The van der Waals surface area contributed by atoms with Gasteiger partial charge in [0.2, 0.25) is 5.91 Å². The van der Waals surface area contributed by atoms with Gasteiger partial charge in [-0.2, -0.15) is 0 Å². The van der Waals surface area contributed by atoms with E-state index >= 15 is 0 Å². The zero-order valence-corrected chi connectivity index (χ0v) is 9.49. The van der Waals surface area contributed by atoms with Crippen molar-refractivity contribution < 1.29 is 14.7 Å². The quantitative estimate of drug-likeness (QED) is 0.658. The normalized spacial score (nSPS) is 13.1. The zero-order valence-electron chi connectivity index (χ0n) is 9.49. The summed E-state index contributed by atoms with van der Waals surface area (Å²) in [5.41, 5.74) is 0. The van der Waals surface area contributed by atoms with E-state index < -0.39 is 5.97 Å². The van der Waals surface area contributed by atoms with Crippen LogP contribution in [-0.2, 0) is 9.59 Å². The molecule has 1 unspecified atom stereocenters. The molecule has 0 heterocycles. The minimum atomic E-state index is -1.11. The third kappa shape index (κ3) is 9.00. The Balaban J connectivity index is 3.81. The zero-order chi connectivity index (χ0) is 11.8. The molecule has 1 atom stereocenters. The molecule has 0 bridgehead atoms. The second-order valence-electron chi connectivity index (χ2n) is 4.05. The van der Waals surface area contributed by atoms with Crippen molar-refractivity contribution in [2.75, 3.05) is 0 Å². The Morgan fingerprint density at radius 2 is 1.80 bits per heavy atom. The van der Waals surface area contributed by atoms with Crippen LogP contribution in [0, 0.1) is 5.92 Å². The fourth-order valence-corrected chi connectivity index (χ4v) is 1.09. The summed E-state index contributed by atoms with van der Waals surface area (Å²) in [4.78, 5) is 21.3. The van der Waals surface area contributed by atoms with Crippen LogP contribution in [0.15, 0.2) is 12.2 Å². The van der Waals surface area contributed by atoms with Gasteiger partial charge in [0.25, 0.3) is 0 Å². The molecule has 15 heavy (non-hydrogen) atoms. The van der Waals surface area contributed by atoms with Crippen LogP contribution >= 0.6 is 0 Å². The van der Waals surface area contributed by atoms with E-state index in [0.29, 0.717) is 5.92 Å². The Labute approximate surface area is 90.4 Å². The van der Waals surface area contributed by atoms with Crippen LogP contribution in [0.1, 0.15) is 33.6 Å². The number of carboxylic acids is 1. The summed E-state index contributed by atoms with van der Waals surface area (Å²) in [6.07, 6.45) is 3.83. The highest BCUT2D eigenvalue weighted by Gasteiger charge is 2.05. The van der Waals surface area contributed by atoms with Gasteiger partial charge < -0.3 is 10.4 Å². The number of rotatable bonds is 6. The van der Waals surface area contributed by atoms with Crippen molar-refractivity contribution in [2.45, 2.75) is 39.7 Å². The average molecular weight is 213 g/mol. The first kappa shape index (κ1) is 13.7. The fraction of sp³-hybridized carbons (Fsp3) is 0.636. The summed E-state index contributed by atoms with van der Waals surface area (Å²) in [5.74, 6) is -0.854. The molecular formula is C11H19NO3. The molecule has 0 spiro atoms. The van der Waals surface area contributed by atoms with Crippen LogP contribution in [0.4, 0.5) is 0 Å². The van der Waals surface area contributed by atoms with Crippen molar-refractivity contribution in [3.8, 4) is 0 Å². The van der Waals surface area contributed by atoms with Gasteiger partial charge in [-0.3, -0.25) is 4.79 Å². The highest BCUT2D eigenvalue weighted by atomic mass is 16.4. The largest absolute Gasteiger partial charge is 0.478 e. The standard InChI is InChI=1S/C11H19NO3/c1-8(2)4-5-9(3)12-10(13)6-7-11(14)15/h6-9H,4-5H2,1-3H3,(H,12,13)(H,14,15)/b7-6+. The molecule has 0 fully saturated rings. The Hall–Kier alpha value is -1.32. The molecule has 4 heteroatoms. The molecule has 0 aromatic heterocycles. The lowest BCUT2D eigenvalue weighted by atomic mass is 10.0. The van der Waals surface area contributed by atoms with Crippen LogP contribution in [-0.4, -0.2) is 23.0 Å². The van der Waals surface area contributed by atoms with Crippen molar-refractivity contribution in [1.29, 1.82) is 0 Å². The number of nitrogens with one attached hydrogen (secondary N) is 1. The third-order valence-corrected chi connectivity index (χ3v) is 1.94. The summed E-state index contributed by atoms with van der Waals surface area (Å²) in [7, 11) is 0. The van der Waals surface area contributed by atoms with Gasteiger partial charge in [0.15, 0.2) is 0 Å². The first-order chi connectivity index (χ1) is 6.91. The number of carbonyl (C=O) groups excluding carboxylic acids is 1. The number of hydrogen-bond acceptors (Lipinski definition) is 2. The highest BCUT2D eigenvalue weighted by molar-refractivity contribution is 5.93. The van der Waals surface area contributed by atoms with E-state index in [1.807, 2.05) is 6.92 Å². The summed E-state index contributed by atoms with van der Waals surface area (Å²) in [6.45, 7) is 6.16. The number of hydrogen-bond donors (Lipinski definition) is 2. The van der Waals surface area contributed by atoms with E-state index in [4.69, 9.17) is 5.11 Å². The second-order valence-corrected chi connectivity index (χ2v) is 4.05. The van der Waals surface area contributed by atoms with E-state index in [1.54, 1.807) is 0 Å². The number of carbonyl (C=O) groups is 2. The molecule has 0 aliphatic rings. The van der Waals surface area contributed by atoms with Crippen LogP contribution in [0.5, 0.6) is 0 Å². The van der Waals surface area contributed by atoms with E-state index in [1.165, 1.54) is 0 Å². The van der Waals surface area contributed by atoms with Crippen molar-refractivity contribution in [1.82, 2.24) is 5.32 Å². The lowest BCUT2D eigenvalue weighted by Gasteiger charge is -2.13. The van der Waals surface area contributed by atoms with Gasteiger partial charge in [-0.05, 0) is 25.7 Å². The predicted molar refractivity (Wildman–Crippen MR) is 58.5 cm³/mol. The smallest absolute Gasteiger partial charge is 0.328 e. The van der Waals surface area contributed by atoms with Crippen LogP contribution in [0.3, 0.4) is 0 Å². The molecule has 1 amide bonds. The maximum absolute atomic E-state index is 11.1. The minimum Gasteiger partial charge on any atom is -0.478 e. The Kier molecular flexibility index (Phi) is 6.42. The van der Waals surface area contributed by atoms with E-state index in [9.17, 15) is 9.59 Å². The maximum Gasteiger partial charge on any atom is 0.328 e. The third-order valence-electron chi connectivity index (χ3n) is 1.94. The molecule has 0 aromatic carbocycles. The Morgan fingerprint density at radius 3 is 2.27 bits per heavy atom. The van der Waals surface area contributed by atoms with Gasteiger partial charge in [0.05, 0.1) is 0 Å². The Bertz CT molecular complexity index is 246. The lowest BCUT2D eigenvalue weighted by molar-refractivity contribution is -0.131. The number of carboxylic acid groups (broad SMARTS) is 1. The topological polar surface area (TPSA) is 66.4 Å². The molecule has 0 rings (SSSR count). The fourth-order valence-electron chi connectivity index (χ4n) is 1.09. The Morgan fingerprint density at radius 1 is 1.20 bits per heavy atom. The van der Waals surface area contributed by atoms with Crippen molar-refractivity contribution in [3.05, 3.63) is 12.2 Å². The molecule has 0 aromatic rings. The molecule has 0 aliphatic heterocycles. The van der Waals surface area contributed by atoms with Gasteiger partial charge in [0, 0.05) is 18.2 Å². The first-order valence-corrected chi connectivity index (χ1v) is 5.13.